The maximum absolute atomic E-state index is 12.9. The number of rotatable bonds is 6. The number of hydrogen-bond donors (Lipinski definition) is 1. The Morgan fingerprint density at radius 2 is 1.73 bits per heavy atom. The third kappa shape index (κ3) is 5.58. The second kappa shape index (κ2) is 9.72. The van der Waals surface area contributed by atoms with Gasteiger partial charge in [0.05, 0.1) is 4.90 Å². The molecule has 0 radical (unpaired) electrons. The van der Waals surface area contributed by atoms with E-state index >= 15 is 0 Å². The van der Waals surface area contributed by atoms with E-state index in [2.05, 4.69) is 20.7 Å². The van der Waals surface area contributed by atoms with Gasteiger partial charge in [0.25, 0.3) is 15.9 Å². The van der Waals surface area contributed by atoms with E-state index in [1.54, 1.807) is 49.5 Å². The SMILES string of the molecule is Cc1ccc(C)c(S(=O)(=O)Nc2ccc(C(=O)N3CCN(Cc4cccnc4)CC3)cc2)c1. The fourth-order valence-corrected chi connectivity index (χ4v) is 5.32. The second-order valence-electron chi connectivity index (χ2n) is 8.38. The Kier molecular flexibility index (Phi) is 6.76. The molecule has 1 amide bonds. The lowest BCUT2D eigenvalue weighted by Crippen LogP contribution is -2.48. The van der Waals surface area contributed by atoms with Gasteiger partial charge in [0.15, 0.2) is 0 Å². The molecule has 1 aromatic heterocycles. The van der Waals surface area contributed by atoms with Crippen LogP contribution in [0.25, 0.3) is 0 Å². The molecular weight excluding hydrogens is 436 g/mol. The van der Waals surface area contributed by atoms with Gasteiger partial charge < -0.3 is 4.90 Å². The van der Waals surface area contributed by atoms with Crippen molar-refractivity contribution in [1.29, 1.82) is 0 Å². The third-order valence-electron chi connectivity index (χ3n) is 5.81. The van der Waals surface area contributed by atoms with Crippen molar-refractivity contribution >= 4 is 21.6 Å². The number of benzene rings is 2. The van der Waals surface area contributed by atoms with Crippen molar-refractivity contribution in [3.8, 4) is 0 Å². The molecule has 1 N–H and O–H groups in total. The van der Waals surface area contributed by atoms with Gasteiger partial charge >= 0.3 is 0 Å². The predicted molar refractivity (Wildman–Crippen MR) is 129 cm³/mol. The highest BCUT2D eigenvalue weighted by atomic mass is 32.2. The van der Waals surface area contributed by atoms with Crippen LogP contribution in [0.1, 0.15) is 27.0 Å². The Labute approximate surface area is 195 Å². The first-order valence-electron chi connectivity index (χ1n) is 10.9. The van der Waals surface area contributed by atoms with Gasteiger partial charge in [-0.15, -0.1) is 0 Å². The molecule has 0 aliphatic carbocycles. The number of nitrogens with one attached hydrogen (secondary N) is 1. The molecule has 7 nitrogen and oxygen atoms in total. The molecule has 33 heavy (non-hydrogen) atoms. The summed E-state index contributed by atoms with van der Waals surface area (Å²) in [6.07, 6.45) is 3.63. The number of carbonyl (C=O) groups is 1. The van der Waals surface area contributed by atoms with E-state index < -0.39 is 10.0 Å². The zero-order chi connectivity index (χ0) is 23.4. The molecule has 0 spiro atoms. The molecule has 1 saturated heterocycles. The van der Waals surface area contributed by atoms with Crippen LogP contribution in [0.2, 0.25) is 0 Å². The molecular formula is C25H28N4O3S. The Bertz CT molecular complexity index is 1220. The Morgan fingerprint density at radius 1 is 1.00 bits per heavy atom. The number of sulfonamides is 1. The topological polar surface area (TPSA) is 82.6 Å². The molecule has 0 bridgehead atoms. The molecule has 4 rings (SSSR count). The van der Waals surface area contributed by atoms with E-state index in [1.807, 2.05) is 30.2 Å². The molecule has 1 aliphatic rings. The standard InChI is InChI=1S/C25H28N4O3S/c1-19-5-6-20(2)24(16-19)33(31,32)27-23-9-7-22(8-10-23)25(30)29-14-12-28(13-15-29)18-21-4-3-11-26-17-21/h3-11,16-17,27H,12-15,18H2,1-2H3. The average molecular weight is 465 g/mol. The number of carbonyl (C=O) groups excluding carboxylic acids is 1. The maximum Gasteiger partial charge on any atom is 0.262 e. The van der Waals surface area contributed by atoms with Crippen LogP contribution in [0.3, 0.4) is 0 Å². The fraction of sp³-hybridized carbons (Fsp3) is 0.280. The van der Waals surface area contributed by atoms with Crippen molar-refractivity contribution < 1.29 is 13.2 Å². The first kappa shape index (κ1) is 22.9. The van der Waals surface area contributed by atoms with Gasteiger partial charge in [0.1, 0.15) is 0 Å². The largest absolute Gasteiger partial charge is 0.336 e. The Balaban J connectivity index is 1.36. The van der Waals surface area contributed by atoms with Crippen molar-refractivity contribution in [1.82, 2.24) is 14.8 Å². The van der Waals surface area contributed by atoms with Crippen molar-refractivity contribution in [2.75, 3.05) is 30.9 Å². The molecule has 1 aliphatic heterocycles. The highest BCUT2D eigenvalue weighted by molar-refractivity contribution is 7.92. The fourth-order valence-electron chi connectivity index (χ4n) is 3.93. The zero-order valence-electron chi connectivity index (χ0n) is 18.9. The summed E-state index contributed by atoms with van der Waals surface area (Å²) in [5.41, 5.74) is 3.69. The number of aromatic nitrogens is 1. The van der Waals surface area contributed by atoms with Gasteiger partial charge in [-0.3, -0.25) is 19.4 Å². The second-order valence-corrected chi connectivity index (χ2v) is 10.0. The normalized spacial score (nSPS) is 14.8. The van der Waals surface area contributed by atoms with Crippen LogP contribution in [-0.4, -0.2) is 55.3 Å². The lowest BCUT2D eigenvalue weighted by molar-refractivity contribution is 0.0628. The lowest BCUT2D eigenvalue weighted by Gasteiger charge is -2.34. The summed E-state index contributed by atoms with van der Waals surface area (Å²) in [6.45, 7) is 7.36. The van der Waals surface area contributed by atoms with Crippen LogP contribution < -0.4 is 4.72 Å². The molecule has 2 aromatic carbocycles. The summed E-state index contributed by atoms with van der Waals surface area (Å²) in [4.78, 5) is 21.5. The third-order valence-corrected chi connectivity index (χ3v) is 7.33. The summed E-state index contributed by atoms with van der Waals surface area (Å²) in [7, 11) is -3.71. The van der Waals surface area contributed by atoms with Gasteiger partial charge in [-0.05, 0) is 66.9 Å². The summed E-state index contributed by atoms with van der Waals surface area (Å²) in [5.74, 6) is -0.0417. The first-order valence-corrected chi connectivity index (χ1v) is 12.4. The number of anilines is 1. The van der Waals surface area contributed by atoms with Gasteiger partial charge in [-0.1, -0.05) is 18.2 Å². The quantitative estimate of drug-likeness (QED) is 0.604. The maximum atomic E-state index is 12.9. The molecule has 8 heteroatoms. The zero-order valence-corrected chi connectivity index (χ0v) is 19.7. The van der Waals surface area contributed by atoms with Crippen molar-refractivity contribution in [3.05, 3.63) is 89.2 Å². The number of pyridine rings is 1. The van der Waals surface area contributed by atoms with E-state index in [1.165, 1.54) is 0 Å². The Hall–Kier alpha value is -3.23. The summed E-state index contributed by atoms with van der Waals surface area (Å²) in [5, 5.41) is 0. The van der Waals surface area contributed by atoms with Crippen LogP contribution >= 0.6 is 0 Å². The van der Waals surface area contributed by atoms with E-state index in [9.17, 15) is 13.2 Å². The minimum absolute atomic E-state index is 0.0417. The minimum atomic E-state index is -3.71. The first-order chi connectivity index (χ1) is 15.8. The number of aryl methyl sites for hydroxylation is 2. The predicted octanol–water partition coefficient (Wildman–Crippen LogP) is 3.46. The molecule has 1 fully saturated rings. The monoisotopic (exact) mass is 464 g/mol. The van der Waals surface area contributed by atoms with Crippen LogP contribution in [0, 0.1) is 13.8 Å². The molecule has 172 valence electrons. The number of piperazine rings is 1. The van der Waals surface area contributed by atoms with Crippen molar-refractivity contribution in [2.24, 2.45) is 0 Å². The van der Waals surface area contributed by atoms with Crippen LogP contribution in [-0.2, 0) is 16.6 Å². The molecule has 3 aromatic rings. The summed E-state index contributed by atoms with van der Waals surface area (Å²) in [6, 6.07) is 15.9. The Morgan fingerprint density at radius 3 is 2.39 bits per heavy atom. The molecule has 0 saturated carbocycles. The summed E-state index contributed by atoms with van der Waals surface area (Å²) < 4.78 is 28.2. The van der Waals surface area contributed by atoms with Gasteiger partial charge in [-0.25, -0.2) is 8.42 Å². The lowest BCUT2D eigenvalue weighted by atomic mass is 10.1. The molecule has 0 unspecified atom stereocenters. The number of nitrogens with zero attached hydrogens (tertiary/aromatic N) is 3. The highest BCUT2D eigenvalue weighted by Crippen LogP contribution is 2.21. The van der Waals surface area contributed by atoms with Gasteiger partial charge in [0, 0.05) is 56.4 Å². The van der Waals surface area contributed by atoms with Gasteiger partial charge in [0.2, 0.25) is 0 Å². The van der Waals surface area contributed by atoms with Crippen LogP contribution in [0.5, 0.6) is 0 Å². The number of amides is 1. The van der Waals surface area contributed by atoms with Crippen molar-refractivity contribution in [3.63, 3.8) is 0 Å². The average Bonchev–Trinajstić information content (AvgIpc) is 2.81. The summed E-state index contributed by atoms with van der Waals surface area (Å²) >= 11 is 0. The number of hydrogen-bond acceptors (Lipinski definition) is 5. The van der Waals surface area contributed by atoms with E-state index in [-0.39, 0.29) is 10.8 Å². The van der Waals surface area contributed by atoms with Gasteiger partial charge in [-0.2, -0.15) is 0 Å². The molecule has 2 heterocycles. The van der Waals surface area contributed by atoms with Crippen molar-refractivity contribution in [2.45, 2.75) is 25.3 Å². The van der Waals surface area contributed by atoms with E-state index in [0.29, 0.717) is 29.9 Å². The smallest absolute Gasteiger partial charge is 0.262 e. The van der Waals surface area contributed by atoms with Crippen LogP contribution in [0.4, 0.5) is 5.69 Å². The van der Waals surface area contributed by atoms with Crippen LogP contribution in [0.15, 0.2) is 71.9 Å². The molecule has 0 atom stereocenters. The van der Waals surface area contributed by atoms with E-state index in [0.717, 1.165) is 30.8 Å². The minimum Gasteiger partial charge on any atom is -0.336 e. The highest BCUT2D eigenvalue weighted by Gasteiger charge is 2.23. The van der Waals surface area contributed by atoms with E-state index in [4.69, 9.17) is 0 Å².